The van der Waals surface area contributed by atoms with Gasteiger partial charge in [0, 0.05) is 17.8 Å². The third-order valence-electron chi connectivity index (χ3n) is 2.03. The van der Waals surface area contributed by atoms with E-state index in [0.29, 0.717) is 5.82 Å². The molecule has 1 aromatic carbocycles. The fourth-order valence-electron chi connectivity index (χ4n) is 1.29. The Morgan fingerprint density at radius 1 is 1.00 bits per heavy atom. The van der Waals surface area contributed by atoms with Gasteiger partial charge in [-0.25, -0.2) is 0 Å². The van der Waals surface area contributed by atoms with Crippen LogP contribution < -0.4 is 5.73 Å². The molecule has 3 rings (SSSR count). The van der Waals surface area contributed by atoms with Gasteiger partial charge in [-0.05, 0) is 18.2 Å². The highest BCUT2D eigenvalue weighted by molar-refractivity contribution is 5.77. The molecule has 0 bridgehead atoms. The predicted molar refractivity (Wildman–Crippen MR) is 64.7 cm³/mol. The molecule has 2 heterocycles. The maximum Gasteiger partial charge on any atom is 0.145 e. The summed E-state index contributed by atoms with van der Waals surface area (Å²) in [7, 11) is 0. The predicted octanol–water partition coefficient (Wildman–Crippen LogP) is 2.23. The third-order valence-corrected chi connectivity index (χ3v) is 2.03. The van der Waals surface area contributed by atoms with Crippen molar-refractivity contribution in [1.82, 2.24) is 15.2 Å². The van der Waals surface area contributed by atoms with E-state index >= 15 is 0 Å². The largest absolute Gasteiger partial charge is 0.382 e. The maximum absolute atomic E-state index is 5.14. The molecule has 16 heavy (non-hydrogen) atoms. The number of aromatic amines is 1. The Kier molecular flexibility index (Phi) is 3.13. The van der Waals surface area contributed by atoms with Crippen molar-refractivity contribution in [3.63, 3.8) is 0 Å². The van der Waals surface area contributed by atoms with Crippen LogP contribution in [0.2, 0.25) is 0 Å². The van der Waals surface area contributed by atoms with Crippen LogP contribution in [-0.4, -0.2) is 15.2 Å². The van der Waals surface area contributed by atoms with Gasteiger partial charge in [-0.15, -0.1) is 0 Å². The summed E-state index contributed by atoms with van der Waals surface area (Å²) in [5, 5.41) is 7.32. The Bertz CT molecular complexity index is 480. The number of rotatable bonds is 0. The molecule has 3 aromatic rings. The van der Waals surface area contributed by atoms with E-state index in [0.717, 1.165) is 5.52 Å². The fraction of sp³-hybridized carbons (Fsp3) is 0. The van der Waals surface area contributed by atoms with Gasteiger partial charge < -0.3 is 5.73 Å². The molecule has 0 atom stereocenters. The smallest absolute Gasteiger partial charge is 0.145 e. The van der Waals surface area contributed by atoms with Crippen LogP contribution in [-0.2, 0) is 0 Å². The minimum absolute atomic E-state index is 0.537. The first-order chi connectivity index (χ1) is 7.86. The summed E-state index contributed by atoms with van der Waals surface area (Å²) < 4.78 is 0. The molecule has 0 saturated heterocycles. The first-order valence-electron chi connectivity index (χ1n) is 4.91. The lowest BCUT2D eigenvalue weighted by atomic mass is 10.2. The molecule has 0 spiro atoms. The Labute approximate surface area is 93.1 Å². The lowest BCUT2D eigenvalue weighted by Crippen LogP contribution is -1.81. The Morgan fingerprint density at radius 3 is 2.44 bits per heavy atom. The van der Waals surface area contributed by atoms with Crippen LogP contribution in [0.5, 0.6) is 0 Å². The maximum atomic E-state index is 5.14. The number of hydrogen-bond acceptors (Lipinski definition) is 3. The minimum atomic E-state index is 0.537. The van der Waals surface area contributed by atoms with E-state index < -0.39 is 0 Å². The van der Waals surface area contributed by atoms with E-state index in [1.165, 1.54) is 5.39 Å². The number of nitrogens with one attached hydrogen (secondary N) is 1. The summed E-state index contributed by atoms with van der Waals surface area (Å²) in [6.45, 7) is 0. The SMILES string of the molecule is Nc1cc[nH]n1.c1ccc2ncccc2c1. The highest BCUT2D eigenvalue weighted by Gasteiger charge is 1.86. The average molecular weight is 212 g/mol. The van der Waals surface area contributed by atoms with Gasteiger partial charge >= 0.3 is 0 Å². The first kappa shape index (κ1) is 10.2. The highest BCUT2D eigenvalue weighted by Crippen LogP contribution is 2.07. The van der Waals surface area contributed by atoms with Crippen molar-refractivity contribution in [2.24, 2.45) is 0 Å². The van der Waals surface area contributed by atoms with Crippen molar-refractivity contribution in [3.05, 3.63) is 54.9 Å². The molecule has 2 aromatic heterocycles. The van der Waals surface area contributed by atoms with Crippen molar-refractivity contribution in [2.75, 3.05) is 5.73 Å². The van der Waals surface area contributed by atoms with Crippen LogP contribution >= 0.6 is 0 Å². The minimum Gasteiger partial charge on any atom is -0.382 e. The molecule has 0 aliphatic rings. The number of nitrogens with zero attached hydrogens (tertiary/aromatic N) is 2. The molecule has 0 amide bonds. The van der Waals surface area contributed by atoms with Crippen molar-refractivity contribution >= 4 is 16.7 Å². The zero-order valence-electron chi connectivity index (χ0n) is 8.67. The van der Waals surface area contributed by atoms with Crippen molar-refractivity contribution in [1.29, 1.82) is 0 Å². The number of para-hydroxylation sites is 1. The topological polar surface area (TPSA) is 67.6 Å². The molecule has 0 unspecified atom stereocenters. The summed E-state index contributed by atoms with van der Waals surface area (Å²) in [4.78, 5) is 4.18. The summed E-state index contributed by atoms with van der Waals surface area (Å²) in [5.74, 6) is 0.537. The number of nitrogen functional groups attached to an aromatic ring is 1. The second-order valence-electron chi connectivity index (χ2n) is 3.20. The van der Waals surface area contributed by atoms with Crippen molar-refractivity contribution in [3.8, 4) is 0 Å². The summed E-state index contributed by atoms with van der Waals surface area (Å²) >= 11 is 0. The molecule has 4 nitrogen and oxygen atoms in total. The number of aromatic nitrogens is 3. The molecule has 3 N–H and O–H groups in total. The van der Waals surface area contributed by atoms with E-state index in [2.05, 4.69) is 27.3 Å². The van der Waals surface area contributed by atoms with E-state index in [1.54, 1.807) is 12.3 Å². The summed E-state index contributed by atoms with van der Waals surface area (Å²) in [5.41, 5.74) is 6.20. The summed E-state index contributed by atoms with van der Waals surface area (Å²) in [6, 6.07) is 13.8. The van der Waals surface area contributed by atoms with Gasteiger partial charge in [-0.2, -0.15) is 5.10 Å². The molecule has 0 fully saturated rings. The lowest BCUT2D eigenvalue weighted by molar-refractivity contribution is 1.10. The molecule has 0 saturated carbocycles. The van der Waals surface area contributed by atoms with Gasteiger partial charge in [0.2, 0.25) is 0 Å². The monoisotopic (exact) mass is 212 g/mol. The molecule has 80 valence electrons. The number of fused-ring (bicyclic) bond motifs is 1. The third kappa shape index (κ3) is 2.57. The number of pyridine rings is 1. The molecule has 4 heteroatoms. The zero-order chi connectivity index (χ0) is 11.2. The normalized spacial score (nSPS) is 9.50. The number of anilines is 1. The van der Waals surface area contributed by atoms with Crippen LogP contribution in [0.25, 0.3) is 10.9 Å². The fourth-order valence-corrected chi connectivity index (χ4v) is 1.29. The van der Waals surface area contributed by atoms with E-state index in [9.17, 15) is 0 Å². The Hall–Kier alpha value is -2.36. The molecular weight excluding hydrogens is 200 g/mol. The molecule has 0 aliphatic heterocycles. The van der Waals surface area contributed by atoms with Crippen LogP contribution in [0.15, 0.2) is 54.9 Å². The number of benzene rings is 1. The second kappa shape index (κ2) is 4.93. The lowest BCUT2D eigenvalue weighted by Gasteiger charge is -1.91. The van der Waals surface area contributed by atoms with Crippen LogP contribution in [0, 0.1) is 0 Å². The first-order valence-corrected chi connectivity index (χ1v) is 4.91. The van der Waals surface area contributed by atoms with Gasteiger partial charge in [0.1, 0.15) is 5.82 Å². The second-order valence-corrected chi connectivity index (χ2v) is 3.20. The zero-order valence-corrected chi connectivity index (χ0v) is 8.67. The number of hydrogen-bond donors (Lipinski definition) is 2. The molecule has 0 aliphatic carbocycles. The Morgan fingerprint density at radius 2 is 1.81 bits per heavy atom. The summed E-state index contributed by atoms with van der Waals surface area (Å²) in [6.07, 6.45) is 3.48. The number of nitrogens with two attached hydrogens (primary N) is 1. The van der Waals surface area contributed by atoms with Crippen molar-refractivity contribution < 1.29 is 0 Å². The standard InChI is InChI=1S/C9H7N.C3H5N3/c1-2-6-9-8(4-1)5-3-7-10-9;4-3-1-2-5-6-3/h1-7H;1-2H,(H3,4,5,6). The van der Waals surface area contributed by atoms with Gasteiger partial charge in [0.05, 0.1) is 5.52 Å². The van der Waals surface area contributed by atoms with Gasteiger partial charge in [-0.3, -0.25) is 10.1 Å². The van der Waals surface area contributed by atoms with E-state index in [1.807, 2.05) is 30.5 Å². The molecular formula is C12H12N4. The average Bonchev–Trinajstić information content (AvgIpc) is 2.81. The quantitative estimate of drug-likeness (QED) is 0.600. The van der Waals surface area contributed by atoms with Crippen LogP contribution in [0.4, 0.5) is 5.82 Å². The van der Waals surface area contributed by atoms with Gasteiger partial charge in [0.25, 0.3) is 0 Å². The Balaban J connectivity index is 0.000000138. The van der Waals surface area contributed by atoms with Crippen LogP contribution in [0.3, 0.4) is 0 Å². The van der Waals surface area contributed by atoms with Gasteiger partial charge in [0.15, 0.2) is 0 Å². The number of H-pyrrole nitrogens is 1. The van der Waals surface area contributed by atoms with E-state index in [4.69, 9.17) is 5.73 Å². The van der Waals surface area contributed by atoms with Crippen LogP contribution in [0.1, 0.15) is 0 Å². The molecule has 0 radical (unpaired) electrons. The van der Waals surface area contributed by atoms with Gasteiger partial charge in [-0.1, -0.05) is 24.3 Å². The van der Waals surface area contributed by atoms with E-state index in [-0.39, 0.29) is 0 Å². The highest BCUT2D eigenvalue weighted by atomic mass is 15.1. The van der Waals surface area contributed by atoms with Crippen molar-refractivity contribution in [2.45, 2.75) is 0 Å².